The lowest BCUT2D eigenvalue weighted by atomic mass is 10.0. The average molecular weight is 322 g/mol. The van der Waals surface area contributed by atoms with Crippen molar-refractivity contribution < 1.29 is 13.9 Å². The summed E-state index contributed by atoms with van der Waals surface area (Å²) in [7, 11) is 0. The zero-order chi connectivity index (χ0) is 17.1. The van der Waals surface area contributed by atoms with Crippen LogP contribution in [-0.2, 0) is 11.3 Å². The number of hydrogen-bond acceptors (Lipinski definition) is 5. The van der Waals surface area contributed by atoms with Crippen molar-refractivity contribution in [2.24, 2.45) is 0 Å². The van der Waals surface area contributed by atoms with E-state index >= 15 is 0 Å². The van der Waals surface area contributed by atoms with Gasteiger partial charge in [0.25, 0.3) is 5.89 Å². The van der Waals surface area contributed by atoms with Gasteiger partial charge in [-0.05, 0) is 50.1 Å². The van der Waals surface area contributed by atoms with Gasteiger partial charge >= 0.3 is 5.97 Å². The van der Waals surface area contributed by atoms with Crippen LogP contribution in [0.2, 0.25) is 0 Å². The predicted molar refractivity (Wildman–Crippen MR) is 89.5 cm³/mol. The molecule has 0 amide bonds. The van der Waals surface area contributed by atoms with Gasteiger partial charge in [0.1, 0.15) is 0 Å². The number of hydrogen-bond donors (Lipinski definition) is 0. The topological polar surface area (TPSA) is 65.2 Å². The lowest BCUT2D eigenvalue weighted by Crippen LogP contribution is -2.08. The quantitative estimate of drug-likeness (QED) is 0.679. The smallest absolute Gasteiger partial charge is 0.338 e. The van der Waals surface area contributed by atoms with Crippen molar-refractivity contribution in [3.63, 3.8) is 0 Å². The Bertz CT molecular complexity index is 884. The predicted octanol–water partition coefficient (Wildman–Crippen LogP) is 4.02. The van der Waals surface area contributed by atoms with Gasteiger partial charge in [0, 0.05) is 5.56 Å². The van der Waals surface area contributed by atoms with Gasteiger partial charge in [-0.2, -0.15) is 0 Å². The standard InChI is InChI=1S/C19H18N2O3/c1-12-6-4-8-15(10-12)18-21-20-17(24-18)11-23-19(22)16-9-5-7-13(2)14(16)3/h4-10H,11H2,1-3H3. The van der Waals surface area contributed by atoms with E-state index in [0.717, 1.165) is 22.3 Å². The van der Waals surface area contributed by atoms with E-state index in [0.29, 0.717) is 11.5 Å². The molecule has 0 atom stereocenters. The normalized spacial score (nSPS) is 10.6. The highest BCUT2D eigenvalue weighted by atomic mass is 16.5. The van der Waals surface area contributed by atoms with Gasteiger partial charge in [-0.25, -0.2) is 4.79 Å². The second-order valence-electron chi connectivity index (χ2n) is 5.69. The third kappa shape index (κ3) is 3.35. The first-order chi connectivity index (χ1) is 11.5. The SMILES string of the molecule is Cc1cccc(-c2nnc(COC(=O)c3cccc(C)c3C)o2)c1. The fraction of sp³-hybridized carbons (Fsp3) is 0.211. The summed E-state index contributed by atoms with van der Waals surface area (Å²) < 4.78 is 10.9. The zero-order valence-electron chi connectivity index (χ0n) is 13.9. The van der Waals surface area contributed by atoms with E-state index in [1.807, 2.05) is 57.2 Å². The highest BCUT2D eigenvalue weighted by molar-refractivity contribution is 5.91. The van der Waals surface area contributed by atoms with Gasteiger partial charge in [0.2, 0.25) is 5.89 Å². The van der Waals surface area contributed by atoms with Crippen LogP contribution >= 0.6 is 0 Å². The second kappa shape index (κ2) is 6.66. The lowest BCUT2D eigenvalue weighted by molar-refractivity contribution is 0.0437. The fourth-order valence-corrected chi connectivity index (χ4v) is 2.38. The van der Waals surface area contributed by atoms with Gasteiger partial charge < -0.3 is 9.15 Å². The monoisotopic (exact) mass is 322 g/mol. The molecule has 0 saturated heterocycles. The van der Waals surface area contributed by atoms with Crippen molar-refractivity contribution in [3.8, 4) is 11.5 Å². The molecule has 1 aromatic heterocycles. The van der Waals surface area contributed by atoms with E-state index in [9.17, 15) is 4.79 Å². The molecule has 5 heteroatoms. The first kappa shape index (κ1) is 15.9. The molecule has 0 fully saturated rings. The molecule has 3 rings (SSSR count). The maximum Gasteiger partial charge on any atom is 0.338 e. The molecule has 122 valence electrons. The Morgan fingerprint density at radius 3 is 2.67 bits per heavy atom. The number of rotatable bonds is 4. The Kier molecular flexibility index (Phi) is 4.42. The molecule has 0 aliphatic rings. The maximum atomic E-state index is 12.2. The summed E-state index contributed by atoms with van der Waals surface area (Å²) in [5.41, 5.74) is 4.45. The Hall–Kier alpha value is -2.95. The van der Waals surface area contributed by atoms with Crippen LogP contribution in [0.4, 0.5) is 0 Å². The summed E-state index contributed by atoms with van der Waals surface area (Å²) in [6, 6.07) is 13.3. The molecule has 0 radical (unpaired) electrons. The molecule has 1 heterocycles. The molecule has 0 N–H and O–H groups in total. The van der Waals surface area contributed by atoms with Crippen LogP contribution < -0.4 is 0 Å². The minimum absolute atomic E-state index is 0.0506. The summed E-state index contributed by atoms with van der Waals surface area (Å²) in [6.07, 6.45) is 0. The van der Waals surface area contributed by atoms with Gasteiger partial charge in [0.15, 0.2) is 6.61 Å². The van der Waals surface area contributed by atoms with Crippen molar-refractivity contribution in [2.45, 2.75) is 27.4 Å². The minimum Gasteiger partial charge on any atom is -0.452 e. The third-order valence-corrected chi connectivity index (χ3v) is 3.88. The highest BCUT2D eigenvalue weighted by Gasteiger charge is 2.14. The van der Waals surface area contributed by atoms with Crippen molar-refractivity contribution in [1.82, 2.24) is 10.2 Å². The van der Waals surface area contributed by atoms with Gasteiger partial charge in [-0.15, -0.1) is 10.2 Å². The van der Waals surface area contributed by atoms with Crippen LogP contribution in [0.25, 0.3) is 11.5 Å². The van der Waals surface area contributed by atoms with E-state index < -0.39 is 5.97 Å². The number of nitrogens with zero attached hydrogens (tertiary/aromatic N) is 2. The van der Waals surface area contributed by atoms with E-state index in [-0.39, 0.29) is 12.5 Å². The van der Waals surface area contributed by atoms with Crippen molar-refractivity contribution in [3.05, 3.63) is 70.6 Å². The molecule has 5 nitrogen and oxygen atoms in total. The summed E-state index contributed by atoms with van der Waals surface area (Å²) in [4.78, 5) is 12.2. The molecule has 0 unspecified atom stereocenters. The molecule has 24 heavy (non-hydrogen) atoms. The van der Waals surface area contributed by atoms with Crippen LogP contribution in [-0.4, -0.2) is 16.2 Å². The van der Waals surface area contributed by atoms with Crippen LogP contribution in [0.5, 0.6) is 0 Å². The highest BCUT2D eigenvalue weighted by Crippen LogP contribution is 2.19. The molecular weight excluding hydrogens is 304 g/mol. The van der Waals surface area contributed by atoms with Crippen molar-refractivity contribution in [1.29, 1.82) is 0 Å². The van der Waals surface area contributed by atoms with E-state index in [1.165, 1.54) is 0 Å². The minimum atomic E-state index is -0.397. The van der Waals surface area contributed by atoms with E-state index in [1.54, 1.807) is 6.07 Å². The Balaban J connectivity index is 1.69. The molecule has 0 aliphatic carbocycles. The molecule has 0 spiro atoms. The summed E-state index contributed by atoms with van der Waals surface area (Å²) in [5.74, 6) is 0.285. The summed E-state index contributed by atoms with van der Waals surface area (Å²) >= 11 is 0. The van der Waals surface area contributed by atoms with Crippen LogP contribution in [0.15, 0.2) is 46.9 Å². The van der Waals surface area contributed by atoms with Crippen LogP contribution in [0.1, 0.15) is 32.9 Å². The Morgan fingerprint density at radius 1 is 1.08 bits per heavy atom. The molecule has 0 aliphatic heterocycles. The van der Waals surface area contributed by atoms with Gasteiger partial charge in [-0.3, -0.25) is 0 Å². The summed E-state index contributed by atoms with van der Waals surface area (Å²) in [6.45, 7) is 5.80. The maximum absolute atomic E-state index is 12.2. The second-order valence-corrected chi connectivity index (χ2v) is 5.69. The largest absolute Gasteiger partial charge is 0.452 e. The van der Waals surface area contributed by atoms with E-state index in [2.05, 4.69) is 10.2 Å². The van der Waals surface area contributed by atoms with Gasteiger partial charge in [0.05, 0.1) is 5.56 Å². The zero-order valence-corrected chi connectivity index (χ0v) is 13.9. The number of aromatic nitrogens is 2. The van der Waals surface area contributed by atoms with Crippen LogP contribution in [0, 0.1) is 20.8 Å². The first-order valence-corrected chi connectivity index (χ1v) is 7.67. The first-order valence-electron chi connectivity index (χ1n) is 7.67. The molecule has 2 aromatic carbocycles. The molecule has 0 bridgehead atoms. The molecule has 0 saturated carbocycles. The number of benzene rings is 2. The summed E-state index contributed by atoms with van der Waals surface area (Å²) in [5, 5.41) is 7.94. The Labute approximate surface area is 140 Å². The number of carbonyl (C=O) groups excluding carboxylic acids is 1. The molecule has 3 aromatic rings. The average Bonchev–Trinajstić information content (AvgIpc) is 3.04. The van der Waals surface area contributed by atoms with Crippen LogP contribution in [0.3, 0.4) is 0 Å². The third-order valence-electron chi connectivity index (χ3n) is 3.88. The molecular formula is C19H18N2O3. The number of aryl methyl sites for hydroxylation is 2. The number of ether oxygens (including phenoxy) is 1. The number of carbonyl (C=O) groups is 1. The van der Waals surface area contributed by atoms with E-state index in [4.69, 9.17) is 9.15 Å². The Morgan fingerprint density at radius 2 is 1.88 bits per heavy atom. The van der Waals surface area contributed by atoms with Gasteiger partial charge in [-0.1, -0.05) is 29.8 Å². The van der Waals surface area contributed by atoms with Crippen molar-refractivity contribution in [2.75, 3.05) is 0 Å². The lowest BCUT2D eigenvalue weighted by Gasteiger charge is -2.07. The van der Waals surface area contributed by atoms with Crippen molar-refractivity contribution >= 4 is 5.97 Å². The fourth-order valence-electron chi connectivity index (χ4n) is 2.38. The number of esters is 1.